The third kappa shape index (κ3) is 7.69. The fourth-order valence-electron chi connectivity index (χ4n) is 7.41. The van der Waals surface area contributed by atoms with Gasteiger partial charge in [-0.2, -0.15) is 0 Å². The molecule has 1 aromatic carbocycles. The fraction of sp³-hybridized carbons (Fsp3) is 0.703. The van der Waals surface area contributed by atoms with Crippen molar-refractivity contribution in [1.29, 1.82) is 0 Å². The molecule has 234 valence electrons. The third-order valence-electron chi connectivity index (χ3n) is 10.4. The second-order valence-electron chi connectivity index (χ2n) is 13.2. The minimum Gasteiger partial charge on any atom is -0.482 e. The lowest BCUT2D eigenvalue weighted by atomic mass is 9.76. The Kier molecular flexibility index (Phi) is 12.2. The van der Waals surface area contributed by atoms with Crippen LogP contribution in [0.25, 0.3) is 5.57 Å². The van der Waals surface area contributed by atoms with Gasteiger partial charge in [-0.1, -0.05) is 72.8 Å². The summed E-state index contributed by atoms with van der Waals surface area (Å²) in [5.41, 5.74) is 4.64. The van der Waals surface area contributed by atoms with Crippen LogP contribution in [0.2, 0.25) is 0 Å². The number of hydrogen-bond donors (Lipinski definition) is 0. The molecule has 0 aliphatic carbocycles. The van der Waals surface area contributed by atoms with Crippen LogP contribution in [0.1, 0.15) is 129 Å². The van der Waals surface area contributed by atoms with E-state index in [1.807, 2.05) is 6.08 Å². The molecule has 0 radical (unpaired) electrons. The minimum absolute atomic E-state index is 0.126. The third-order valence-corrected chi connectivity index (χ3v) is 10.4. The molecule has 3 heterocycles. The number of hydrogen-bond acceptors (Lipinski definition) is 5. The molecule has 1 saturated heterocycles. The summed E-state index contributed by atoms with van der Waals surface area (Å²) < 4.78 is 13.4. The predicted octanol–water partition coefficient (Wildman–Crippen LogP) is 8.77. The summed E-state index contributed by atoms with van der Waals surface area (Å²) in [5.74, 6) is 2.37. The zero-order chi connectivity index (χ0) is 30.1. The van der Waals surface area contributed by atoms with E-state index < -0.39 is 0 Å². The van der Waals surface area contributed by atoms with Crippen LogP contribution >= 0.6 is 0 Å². The van der Waals surface area contributed by atoms with Crippen molar-refractivity contribution in [2.75, 3.05) is 39.3 Å². The first-order valence-electron chi connectivity index (χ1n) is 17.2. The van der Waals surface area contributed by atoms with E-state index in [2.05, 4.69) is 63.1 Å². The molecule has 3 aliphatic rings. The number of benzene rings is 1. The van der Waals surface area contributed by atoms with Crippen molar-refractivity contribution in [2.45, 2.75) is 123 Å². The lowest BCUT2D eigenvalue weighted by molar-refractivity contribution is -0.134. The molecular weight excluding hydrogens is 520 g/mol. The Bertz CT molecular complexity index is 1080. The van der Waals surface area contributed by atoms with Gasteiger partial charge in [0.25, 0.3) is 0 Å². The van der Waals surface area contributed by atoms with Gasteiger partial charge in [0.2, 0.25) is 0 Å². The Morgan fingerprint density at radius 3 is 2.50 bits per heavy atom. The van der Waals surface area contributed by atoms with Crippen LogP contribution < -0.4 is 9.47 Å². The number of rotatable bonds is 15. The largest absolute Gasteiger partial charge is 0.482 e. The quantitative estimate of drug-likeness (QED) is 0.0900. The highest BCUT2D eigenvalue weighted by Crippen LogP contribution is 2.51. The average Bonchev–Trinajstić information content (AvgIpc) is 3.00. The summed E-state index contributed by atoms with van der Waals surface area (Å²) >= 11 is 0. The Hall–Kier alpha value is -2.11. The van der Waals surface area contributed by atoms with E-state index in [1.54, 1.807) is 0 Å². The molecule has 0 saturated carbocycles. The predicted molar refractivity (Wildman–Crippen MR) is 175 cm³/mol. The maximum Gasteiger partial charge on any atom is 0.311 e. The second kappa shape index (κ2) is 15.6. The van der Waals surface area contributed by atoms with Crippen molar-refractivity contribution in [1.82, 2.24) is 9.80 Å². The van der Waals surface area contributed by atoms with Gasteiger partial charge in [-0.25, -0.2) is 0 Å². The number of carbonyl (C=O) groups is 1. The van der Waals surface area contributed by atoms with E-state index in [0.29, 0.717) is 24.0 Å². The Morgan fingerprint density at radius 2 is 1.81 bits per heavy atom. The van der Waals surface area contributed by atoms with Gasteiger partial charge in [0.1, 0.15) is 17.1 Å². The van der Waals surface area contributed by atoms with Crippen molar-refractivity contribution in [3.8, 4) is 11.5 Å². The van der Waals surface area contributed by atoms with E-state index in [0.717, 1.165) is 76.3 Å². The number of esters is 1. The van der Waals surface area contributed by atoms with E-state index in [4.69, 9.17) is 9.47 Å². The Labute approximate surface area is 256 Å². The number of piperidine rings is 1. The molecule has 42 heavy (non-hydrogen) atoms. The molecule has 3 aliphatic heterocycles. The average molecular weight is 579 g/mol. The molecule has 4 rings (SSSR count). The molecule has 2 atom stereocenters. The number of unbranched alkanes of at least 4 members (excludes halogenated alkanes) is 2. The summed E-state index contributed by atoms with van der Waals surface area (Å²) in [6, 6.07) is 4.45. The summed E-state index contributed by atoms with van der Waals surface area (Å²) in [4.78, 5) is 18.3. The Balaban J connectivity index is 1.67. The van der Waals surface area contributed by atoms with Gasteiger partial charge < -0.3 is 14.4 Å². The van der Waals surface area contributed by atoms with Crippen molar-refractivity contribution in [3.05, 3.63) is 41.5 Å². The molecule has 0 bridgehead atoms. The monoisotopic (exact) mass is 578 g/mol. The number of nitrogens with zero attached hydrogens (tertiary/aromatic N) is 2. The second-order valence-corrected chi connectivity index (χ2v) is 13.2. The maximum atomic E-state index is 13.4. The zero-order valence-electron chi connectivity index (χ0n) is 27.4. The van der Waals surface area contributed by atoms with Crippen LogP contribution in [0.4, 0.5) is 0 Å². The summed E-state index contributed by atoms with van der Waals surface area (Å²) in [7, 11) is 0. The summed E-state index contributed by atoms with van der Waals surface area (Å²) in [5, 5.41) is 0. The molecular formula is C37H58N2O3. The molecule has 0 spiro atoms. The Morgan fingerprint density at radius 1 is 1.05 bits per heavy atom. The normalized spacial score (nSPS) is 20.3. The maximum absolute atomic E-state index is 13.4. The number of ether oxygens (including phenoxy) is 2. The first-order chi connectivity index (χ1) is 20.4. The van der Waals surface area contributed by atoms with Crippen LogP contribution in [0, 0.1) is 5.92 Å². The first-order valence-corrected chi connectivity index (χ1v) is 17.2. The van der Waals surface area contributed by atoms with E-state index in [-0.39, 0.29) is 11.6 Å². The lowest BCUT2D eigenvalue weighted by Gasteiger charge is -2.45. The van der Waals surface area contributed by atoms with E-state index in [9.17, 15) is 4.79 Å². The van der Waals surface area contributed by atoms with Gasteiger partial charge in [0.15, 0.2) is 0 Å². The molecule has 5 nitrogen and oxygen atoms in total. The molecule has 0 N–H and O–H groups in total. The summed E-state index contributed by atoms with van der Waals surface area (Å²) in [6.45, 7) is 21.4. The first kappa shape index (κ1) is 32.8. The topological polar surface area (TPSA) is 42.0 Å². The zero-order valence-corrected chi connectivity index (χ0v) is 27.4. The lowest BCUT2D eigenvalue weighted by Crippen LogP contribution is -2.45. The highest BCUT2D eigenvalue weighted by Gasteiger charge is 2.43. The summed E-state index contributed by atoms with van der Waals surface area (Å²) in [6.07, 6.45) is 15.0. The highest BCUT2D eigenvalue weighted by molar-refractivity contribution is 5.85. The molecule has 0 aromatic heterocycles. The molecule has 1 fully saturated rings. The van der Waals surface area contributed by atoms with Crippen molar-refractivity contribution in [2.24, 2.45) is 5.92 Å². The van der Waals surface area contributed by atoms with Gasteiger partial charge in [0, 0.05) is 26.1 Å². The standard InChI is InChI=1S/C37H58N2O3/c1-7-11-13-17-28(5)29(6)30-25-33(41-35(40)18-16-23-38-21-14-12-15-22-38)36-31-27-39(20-8-2)24-19-32(31)37(9-3,10-4)42-34(36)26-30/h8,25-26,28-29H,2,7,9-24,27H2,1,3-6H3. The number of likely N-dealkylation sites (tertiary alicyclic amines) is 1. The van der Waals surface area contributed by atoms with E-state index in [1.165, 1.54) is 61.7 Å². The smallest absolute Gasteiger partial charge is 0.311 e. The van der Waals surface area contributed by atoms with Crippen LogP contribution in [0.3, 0.4) is 0 Å². The van der Waals surface area contributed by atoms with Crippen molar-refractivity contribution in [3.63, 3.8) is 0 Å². The van der Waals surface area contributed by atoms with Crippen LogP contribution in [0.5, 0.6) is 11.5 Å². The SMILES string of the molecule is C=CCN1CCC2=C(C1)c1c(OC(=O)CCCN3CCCCC3)cc(C(C)C(C)CCCCC)cc1OC2(CC)CC. The van der Waals surface area contributed by atoms with Crippen LogP contribution in [-0.2, 0) is 4.79 Å². The van der Waals surface area contributed by atoms with Crippen LogP contribution in [0.15, 0.2) is 30.4 Å². The number of fused-ring (bicyclic) bond motifs is 2. The molecule has 0 amide bonds. The van der Waals surface area contributed by atoms with Crippen LogP contribution in [-0.4, -0.2) is 60.6 Å². The highest BCUT2D eigenvalue weighted by atomic mass is 16.5. The van der Waals surface area contributed by atoms with Gasteiger partial charge in [-0.05, 0) is 98.8 Å². The van der Waals surface area contributed by atoms with Gasteiger partial charge >= 0.3 is 5.97 Å². The molecule has 1 aromatic rings. The van der Waals surface area contributed by atoms with Gasteiger partial charge in [-0.3, -0.25) is 9.69 Å². The van der Waals surface area contributed by atoms with Crippen molar-refractivity contribution < 1.29 is 14.3 Å². The van der Waals surface area contributed by atoms with Gasteiger partial charge in [0.05, 0.1) is 5.56 Å². The molecule has 5 heteroatoms. The van der Waals surface area contributed by atoms with E-state index >= 15 is 0 Å². The van der Waals surface area contributed by atoms with Gasteiger partial charge in [-0.15, -0.1) is 6.58 Å². The fourth-order valence-corrected chi connectivity index (χ4v) is 7.41. The molecule has 2 unspecified atom stereocenters. The number of carbonyl (C=O) groups excluding carboxylic acids is 1. The minimum atomic E-state index is -0.299. The van der Waals surface area contributed by atoms with Crippen molar-refractivity contribution >= 4 is 11.5 Å².